The van der Waals surface area contributed by atoms with Crippen molar-refractivity contribution in [3.63, 3.8) is 0 Å². The van der Waals surface area contributed by atoms with Gasteiger partial charge in [-0.15, -0.1) is 0 Å². The zero-order valence-electron chi connectivity index (χ0n) is 60.8. The maximum absolute atomic E-state index is 13.1. The average Bonchev–Trinajstić information content (AvgIpc) is 1.14. The van der Waals surface area contributed by atoms with Gasteiger partial charge in [0.05, 0.1) is 26.4 Å². The van der Waals surface area contributed by atoms with Crippen LogP contribution < -0.4 is 0 Å². The van der Waals surface area contributed by atoms with E-state index in [-0.39, 0.29) is 25.7 Å². The molecule has 0 spiro atoms. The average molecular weight is 1400 g/mol. The lowest BCUT2D eigenvalue weighted by atomic mass is 10.0. The first-order chi connectivity index (χ1) is 46.7. The largest absolute Gasteiger partial charge is 0.472 e. The number of aliphatic hydroxyl groups is 1. The molecule has 0 bridgehead atoms. The fourth-order valence-electron chi connectivity index (χ4n) is 10.3. The van der Waals surface area contributed by atoms with Crippen LogP contribution in [0.4, 0.5) is 0 Å². The number of carbonyl (C=O) groups excluding carboxylic acids is 4. The molecule has 558 valence electrons. The predicted octanol–water partition coefficient (Wildman–Crippen LogP) is 21.7. The number of phosphoric ester groups is 2. The number of hydrogen-bond acceptors (Lipinski definition) is 15. The van der Waals surface area contributed by atoms with Crippen molar-refractivity contribution in [1.82, 2.24) is 0 Å². The van der Waals surface area contributed by atoms with Crippen molar-refractivity contribution in [3.05, 3.63) is 72.9 Å². The van der Waals surface area contributed by atoms with Crippen molar-refractivity contribution in [2.75, 3.05) is 39.6 Å². The third-order valence-corrected chi connectivity index (χ3v) is 18.1. The number of aliphatic hydroxyl groups excluding tert-OH is 1. The number of rotatable bonds is 72. The Bertz CT molecular complexity index is 2110. The van der Waals surface area contributed by atoms with Crippen LogP contribution in [-0.2, 0) is 65.4 Å². The maximum atomic E-state index is 13.1. The summed E-state index contributed by atoms with van der Waals surface area (Å²) in [6.07, 6.45) is 68.9. The molecule has 3 N–H and O–H groups in total. The van der Waals surface area contributed by atoms with Crippen molar-refractivity contribution in [3.8, 4) is 0 Å². The second kappa shape index (κ2) is 70.0. The summed E-state index contributed by atoms with van der Waals surface area (Å²) >= 11 is 0. The van der Waals surface area contributed by atoms with Crippen molar-refractivity contribution in [1.29, 1.82) is 0 Å². The zero-order chi connectivity index (χ0) is 70.4. The number of phosphoric acid groups is 2. The Balaban J connectivity index is 5.34. The number of unbranched alkanes of at least 4 members (excludes halogenated alkanes) is 34. The van der Waals surface area contributed by atoms with Gasteiger partial charge in [0, 0.05) is 25.7 Å². The summed E-state index contributed by atoms with van der Waals surface area (Å²) in [5, 5.41) is 10.6. The van der Waals surface area contributed by atoms with Crippen LogP contribution >= 0.6 is 15.6 Å². The van der Waals surface area contributed by atoms with E-state index in [0.29, 0.717) is 25.7 Å². The minimum absolute atomic E-state index is 0.0831. The topological polar surface area (TPSA) is 237 Å². The van der Waals surface area contributed by atoms with Gasteiger partial charge in [0.1, 0.15) is 19.3 Å². The Hall–Kier alpha value is -3.50. The Morgan fingerprint density at radius 3 is 0.875 bits per heavy atom. The number of allylic oxidation sites excluding steroid dienone is 12. The van der Waals surface area contributed by atoms with E-state index in [1.54, 1.807) is 0 Å². The van der Waals surface area contributed by atoms with Crippen LogP contribution in [0.1, 0.15) is 336 Å². The van der Waals surface area contributed by atoms with Gasteiger partial charge >= 0.3 is 39.5 Å². The predicted molar refractivity (Wildman–Crippen MR) is 390 cm³/mol. The van der Waals surface area contributed by atoms with Gasteiger partial charge < -0.3 is 33.8 Å². The summed E-state index contributed by atoms with van der Waals surface area (Å²) < 4.78 is 68.4. The molecule has 0 rings (SSSR count). The summed E-state index contributed by atoms with van der Waals surface area (Å²) in [6.45, 7) is 4.72. The zero-order valence-corrected chi connectivity index (χ0v) is 62.6. The molecule has 0 radical (unpaired) electrons. The highest BCUT2D eigenvalue weighted by Gasteiger charge is 2.30. The van der Waals surface area contributed by atoms with Gasteiger partial charge in [0.2, 0.25) is 0 Å². The van der Waals surface area contributed by atoms with Gasteiger partial charge in [-0.2, -0.15) is 0 Å². The molecular weight excluding hydrogens is 1260 g/mol. The van der Waals surface area contributed by atoms with E-state index in [9.17, 15) is 43.2 Å². The first-order valence-corrected chi connectivity index (χ1v) is 41.2. The number of esters is 4. The molecule has 0 saturated heterocycles. The fraction of sp³-hybridized carbons (Fsp3) is 0.792. The fourth-order valence-corrected chi connectivity index (χ4v) is 11.9. The third kappa shape index (κ3) is 69.0. The maximum Gasteiger partial charge on any atom is 0.472 e. The molecule has 0 aromatic rings. The molecule has 0 heterocycles. The molecule has 19 heteroatoms. The molecule has 96 heavy (non-hydrogen) atoms. The van der Waals surface area contributed by atoms with Crippen LogP contribution in [0.2, 0.25) is 0 Å². The SMILES string of the molecule is CC/C=C\C/C=C\C/C=C\CCCCCCCC(=O)OCC(COP(=O)(O)OCC(O)COP(=O)(O)OCC(COC(=O)CCCCCCC/C=C\C/C=C\CCCCC)OC(=O)CCCCCCCCCCCCCCC)OC(=O)CCCCCCC/C=C\CCCCCC. The van der Waals surface area contributed by atoms with Crippen molar-refractivity contribution < 1.29 is 80.2 Å². The monoisotopic (exact) mass is 1400 g/mol. The first-order valence-electron chi connectivity index (χ1n) is 38.2. The Morgan fingerprint density at radius 2 is 0.542 bits per heavy atom. The van der Waals surface area contributed by atoms with Crippen LogP contribution in [0, 0.1) is 0 Å². The molecule has 0 aromatic heterocycles. The molecule has 5 atom stereocenters. The van der Waals surface area contributed by atoms with Gasteiger partial charge in [-0.05, 0) is 116 Å². The second-order valence-electron chi connectivity index (χ2n) is 25.6. The first kappa shape index (κ1) is 92.5. The minimum Gasteiger partial charge on any atom is -0.462 e. The van der Waals surface area contributed by atoms with E-state index in [1.165, 1.54) is 96.3 Å². The Labute approximate surface area is 583 Å². The Morgan fingerprint density at radius 1 is 0.302 bits per heavy atom. The molecule has 0 fully saturated rings. The van der Waals surface area contributed by atoms with E-state index in [4.69, 9.17) is 37.0 Å². The van der Waals surface area contributed by atoms with E-state index in [1.807, 2.05) is 0 Å². The molecular formula is C77H138O17P2. The highest BCUT2D eigenvalue weighted by molar-refractivity contribution is 7.47. The summed E-state index contributed by atoms with van der Waals surface area (Å²) in [4.78, 5) is 72.8. The second-order valence-corrected chi connectivity index (χ2v) is 28.5. The summed E-state index contributed by atoms with van der Waals surface area (Å²) in [6, 6.07) is 0. The third-order valence-electron chi connectivity index (χ3n) is 16.2. The van der Waals surface area contributed by atoms with Crippen LogP contribution in [0.3, 0.4) is 0 Å². The van der Waals surface area contributed by atoms with E-state index >= 15 is 0 Å². The molecule has 0 amide bonds. The molecule has 17 nitrogen and oxygen atoms in total. The number of carbonyl (C=O) groups is 4. The van der Waals surface area contributed by atoms with Gasteiger partial charge in [0.15, 0.2) is 12.2 Å². The van der Waals surface area contributed by atoms with Gasteiger partial charge in [-0.1, -0.05) is 268 Å². The molecule has 0 aromatic carbocycles. The van der Waals surface area contributed by atoms with Crippen molar-refractivity contribution in [2.45, 2.75) is 354 Å². The summed E-state index contributed by atoms with van der Waals surface area (Å²) in [5.74, 6) is -2.19. The van der Waals surface area contributed by atoms with E-state index in [2.05, 4.69) is 101 Å². The lowest BCUT2D eigenvalue weighted by Gasteiger charge is -2.21. The lowest BCUT2D eigenvalue weighted by molar-refractivity contribution is -0.161. The lowest BCUT2D eigenvalue weighted by Crippen LogP contribution is -2.30. The molecule has 0 aliphatic carbocycles. The quantitative estimate of drug-likeness (QED) is 0.0169. The number of ether oxygens (including phenoxy) is 4. The highest BCUT2D eigenvalue weighted by Crippen LogP contribution is 2.45. The van der Waals surface area contributed by atoms with Crippen molar-refractivity contribution in [2.24, 2.45) is 0 Å². The summed E-state index contributed by atoms with van der Waals surface area (Å²) in [5.41, 5.74) is 0. The Kier molecular flexibility index (Phi) is 67.4. The molecule has 0 aliphatic heterocycles. The standard InChI is InChI=1S/C77H138O17P2/c1-5-9-13-17-21-25-29-33-35-39-41-45-49-53-57-61-74(79)87-67-72(93-76(81)63-59-55-51-47-43-37-31-27-23-19-15-11-7-3)69-91-95(83,84)89-65-71(78)66-90-96(85,86)92-70-73(94-77(82)64-60-56-52-48-44-38-32-28-24-20-16-12-8-4)68-88-75(80)62-58-54-50-46-42-40-36-34-30-26-22-18-14-10-6-2/h9,13,21-22,25-27,31,33-36,71-73,78H,5-8,10-12,14-20,23-24,28-30,32,37-70H2,1-4H3,(H,83,84)(H,85,86)/b13-9-,25-21-,26-22-,31-27-,35-33-,36-34-. The molecule has 0 aliphatic rings. The minimum atomic E-state index is -4.97. The van der Waals surface area contributed by atoms with E-state index < -0.39 is 97.5 Å². The molecule has 0 saturated carbocycles. The van der Waals surface area contributed by atoms with Crippen LogP contribution in [-0.4, -0.2) is 96.7 Å². The van der Waals surface area contributed by atoms with Crippen LogP contribution in [0.5, 0.6) is 0 Å². The van der Waals surface area contributed by atoms with Gasteiger partial charge in [-0.3, -0.25) is 37.3 Å². The smallest absolute Gasteiger partial charge is 0.462 e. The van der Waals surface area contributed by atoms with Crippen LogP contribution in [0.15, 0.2) is 72.9 Å². The van der Waals surface area contributed by atoms with Gasteiger partial charge in [0.25, 0.3) is 0 Å². The van der Waals surface area contributed by atoms with Gasteiger partial charge in [-0.25, -0.2) is 9.13 Å². The molecule has 5 unspecified atom stereocenters. The summed E-state index contributed by atoms with van der Waals surface area (Å²) in [7, 11) is -9.94. The van der Waals surface area contributed by atoms with E-state index in [0.717, 1.165) is 161 Å². The highest BCUT2D eigenvalue weighted by atomic mass is 31.2. The van der Waals surface area contributed by atoms with Crippen LogP contribution in [0.25, 0.3) is 0 Å². The number of hydrogen-bond donors (Lipinski definition) is 3. The van der Waals surface area contributed by atoms with Crippen molar-refractivity contribution >= 4 is 39.5 Å². The normalized spacial score (nSPS) is 14.4.